The second-order valence-corrected chi connectivity index (χ2v) is 11.6. The fourth-order valence-corrected chi connectivity index (χ4v) is 6.94. The maximum absolute atomic E-state index is 13.7. The number of fused-ring (bicyclic) bond motifs is 6. The first-order valence-electron chi connectivity index (χ1n) is 14.9. The Morgan fingerprint density at radius 2 is 1.88 bits per heavy atom. The Kier molecular flexibility index (Phi) is 9.19. The summed E-state index contributed by atoms with van der Waals surface area (Å²) in [7, 11) is 3.24. The highest BCUT2D eigenvalue weighted by molar-refractivity contribution is 5.83. The number of rotatable bonds is 4. The van der Waals surface area contributed by atoms with Crippen molar-refractivity contribution in [2.24, 2.45) is 11.8 Å². The monoisotopic (exact) mass is 570 g/mol. The third-order valence-electron chi connectivity index (χ3n) is 8.90. The molecule has 41 heavy (non-hydrogen) atoms. The number of cyclic esters (lactones) is 1. The van der Waals surface area contributed by atoms with Crippen LogP contribution in [0.15, 0.2) is 12.1 Å². The summed E-state index contributed by atoms with van der Waals surface area (Å²) in [5.74, 6) is 1.71. The molecule has 0 spiro atoms. The van der Waals surface area contributed by atoms with Crippen molar-refractivity contribution < 1.29 is 33.4 Å². The molecule has 4 heterocycles. The van der Waals surface area contributed by atoms with Crippen molar-refractivity contribution in [2.75, 3.05) is 60.1 Å². The number of benzene rings is 1. The molecule has 4 aliphatic rings. The molecule has 0 aliphatic carbocycles. The van der Waals surface area contributed by atoms with Crippen LogP contribution in [0.3, 0.4) is 0 Å². The first kappa shape index (κ1) is 29.0. The Bertz CT molecular complexity index is 1160. The molecule has 3 saturated heterocycles. The fraction of sp³-hybridized carbons (Fsp3) is 0.667. The lowest BCUT2D eigenvalue weighted by Crippen LogP contribution is -2.60. The van der Waals surface area contributed by atoms with E-state index < -0.39 is 6.09 Å². The van der Waals surface area contributed by atoms with E-state index in [1.54, 1.807) is 14.2 Å². The second kappa shape index (κ2) is 13.0. The summed E-state index contributed by atoms with van der Waals surface area (Å²) in [6, 6.07) is 4.00. The number of hydrogen-bond donors (Lipinski definition) is 1. The van der Waals surface area contributed by atoms with Gasteiger partial charge in [0.1, 0.15) is 13.2 Å². The van der Waals surface area contributed by atoms with Gasteiger partial charge >= 0.3 is 6.09 Å². The standard InChI is InChI=1S/C30H42N4O7/c1-39-25-15-20-8-9-27(36)34-17-21-14-23(18-33(16-21)28(37)19-32-11-12-41-30(32)38)24(34)6-3-7-26(35)31-10-4-5-22(13-20)29(25)40-2/h13,15,21,23-24H,3-12,14,16-19H2,1-2H3,(H,31,35)/t21-,23-,24-/m0/s1. The zero-order valence-corrected chi connectivity index (χ0v) is 24.2. The lowest BCUT2D eigenvalue weighted by atomic mass is 9.77. The molecule has 11 heteroatoms. The van der Waals surface area contributed by atoms with E-state index in [2.05, 4.69) is 11.4 Å². The number of piperidine rings is 2. The predicted molar refractivity (Wildman–Crippen MR) is 150 cm³/mol. The Morgan fingerprint density at radius 1 is 1.02 bits per heavy atom. The number of carbonyl (C=O) groups excluding carboxylic acids is 4. The van der Waals surface area contributed by atoms with E-state index in [-0.39, 0.29) is 42.1 Å². The summed E-state index contributed by atoms with van der Waals surface area (Å²) in [6.45, 7) is 3.08. The van der Waals surface area contributed by atoms with E-state index in [1.165, 1.54) is 4.90 Å². The predicted octanol–water partition coefficient (Wildman–Crippen LogP) is 2.00. The Labute approximate surface area is 241 Å². The maximum Gasteiger partial charge on any atom is 0.410 e. The number of amides is 4. The Hall–Kier alpha value is -3.50. The summed E-state index contributed by atoms with van der Waals surface area (Å²) in [4.78, 5) is 56.7. The highest BCUT2D eigenvalue weighted by Crippen LogP contribution is 2.37. The van der Waals surface area contributed by atoms with E-state index in [9.17, 15) is 19.2 Å². The normalized spacial score (nSPS) is 25.8. The van der Waals surface area contributed by atoms with Crippen LogP contribution in [0.4, 0.5) is 4.79 Å². The van der Waals surface area contributed by atoms with Gasteiger partial charge in [0.2, 0.25) is 17.7 Å². The van der Waals surface area contributed by atoms with E-state index in [4.69, 9.17) is 14.2 Å². The molecule has 0 unspecified atom stereocenters. The number of methoxy groups -OCH3 is 2. The van der Waals surface area contributed by atoms with Gasteiger partial charge in [0.05, 0.1) is 20.8 Å². The maximum atomic E-state index is 13.7. The van der Waals surface area contributed by atoms with Crippen LogP contribution in [0, 0.1) is 11.8 Å². The number of aryl methyl sites for hydroxylation is 2. The molecule has 1 aromatic carbocycles. The van der Waals surface area contributed by atoms with Gasteiger partial charge in [-0.05, 0) is 67.6 Å². The van der Waals surface area contributed by atoms with Gasteiger partial charge in [-0.15, -0.1) is 0 Å². The highest BCUT2D eigenvalue weighted by Gasteiger charge is 2.43. The van der Waals surface area contributed by atoms with Gasteiger partial charge in [0, 0.05) is 45.1 Å². The third-order valence-corrected chi connectivity index (χ3v) is 8.90. The van der Waals surface area contributed by atoms with Crippen molar-refractivity contribution in [2.45, 2.75) is 57.4 Å². The van der Waals surface area contributed by atoms with Crippen molar-refractivity contribution >= 4 is 23.8 Å². The number of nitrogens with one attached hydrogen (secondary N) is 1. The molecule has 5 rings (SSSR count). The summed E-state index contributed by atoms with van der Waals surface area (Å²) in [6.07, 6.45) is 4.79. The molecule has 3 atom stereocenters. The van der Waals surface area contributed by atoms with E-state index in [1.807, 2.05) is 15.9 Å². The largest absolute Gasteiger partial charge is 0.493 e. The van der Waals surface area contributed by atoms with Gasteiger partial charge in [-0.25, -0.2) is 4.79 Å². The second-order valence-electron chi connectivity index (χ2n) is 11.6. The van der Waals surface area contributed by atoms with Gasteiger partial charge in [0.15, 0.2) is 11.5 Å². The van der Waals surface area contributed by atoms with Crippen molar-refractivity contribution in [3.05, 3.63) is 23.3 Å². The van der Waals surface area contributed by atoms with E-state index in [0.29, 0.717) is 76.5 Å². The van der Waals surface area contributed by atoms with Gasteiger partial charge in [-0.2, -0.15) is 0 Å². The van der Waals surface area contributed by atoms with Crippen molar-refractivity contribution in [1.29, 1.82) is 0 Å². The van der Waals surface area contributed by atoms with Crippen LogP contribution in [0.5, 0.6) is 11.5 Å². The average Bonchev–Trinajstić information content (AvgIpc) is 3.37. The molecule has 11 nitrogen and oxygen atoms in total. The van der Waals surface area contributed by atoms with Crippen LogP contribution >= 0.6 is 0 Å². The van der Waals surface area contributed by atoms with Crippen molar-refractivity contribution in [1.82, 2.24) is 20.0 Å². The lowest BCUT2D eigenvalue weighted by molar-refractivity contribution is -0.145. The van der Waals surface area contributed by atoms with E-state index >= 15 is 0 Å². The Morgan fingerprint density at radius 3 is 2.63 bits per heavy atom. The smallest absolute Gasteiger partial charge is 0.410 e. The van der Waals surface area contributed by atoms with Crippen LogP contribution in [0.1, 0.15) is 49.7 Å². The van der Waals surface area contributed by atoms with Crippen molar-refractivity contribution in [3.8, 4) is 11.5 Å². The molecule has 4 amide bonds. The molecule has 0 aromatic heterocycles. The SMILES string of the molecule is COc1cc2cc(c1OC)CCCNC(=O)CCC[C@H]1[C@H]3C[C@@H](CN(C(=O)CN4CCOC4=O)C3)CN1C(=O)CC2. The molecule has 4 bridgehead atoms. The summed E-state index contributed by atoms with van der Waals surface area (Å²) < 4.78 is 16.2. The van der Waals surface area contributed by atoms with Crippen LogP contribution in [0.25, 0.3) is 0 Å². The van der Waals surface area contributed by atoms with Gasteiger partial charge < -0.3 is 29.3 Å². The van der Waals surface area contributed by atoms with Crippen LogP contribution in [0.2, 0.25) is 0 Å². The molecule has 1 aromatic rings. The summed E-state index contributed by atoms with van der Waals surface area (Å²) in [5.41, 5.74) is 2.03. The molecule has 0 saturated carbocycles. The molecular weight excluding hydrogens is 528 g/mol. The van der Waals surface area contributed by atoms with Crippen LogP contribution in [-0.2, 0) is 32.0 Å². The molecule has 0 radical (unpaired) electrons. The third kappa shape index (κ3) is 6.70. The molecule has 4 aliphatic heterocycles. The molecule has 224 valence electrons. The Balaban J connectivity index is 1.33. The summed E-state index contributed by atoms with van der Waals surface area (Å²) in [5, 5.41) is 3.04. The number of likely N-dealkylation sites (tertiary alicyclic amines) is 1. The minimum Gasteiger partial charge on any atom is -0.493 e. The molecular formula is C30H42N4O7. The van der Waals surface area contributed by atoms with Crippen molar-refractivity contribution in [3.63, 3.8) is 0 Å². The number of nitrogens with zero attached hydrogens (tertiary/aromatic N) is 3. The van der Waals surface area contributed by atoms with Crippen LogP contribution in [-0.4, -0.2) is 105 Å². The van der Waals surface area contributed by atoms with Gasteiger partial charge in [0.25, 0.3) is 0 Å². The molecule has 3 fully saturated rings. The summed E-state index contributed by atoms with van der Waals surface area (Å²) >= 11 is 0. The topological polar surface area (TPSA) is 118 Å². The zero-order valence-electron chi connectivity index (χ0n) is 24.2. The fourth-order valence-electron chi connectivity index (χ4n) is 6.94. The van der Waals surface area contributed by atoms with Crippen LogP contribution < -0.4 is 14.8 Å². The number of hydrogen-bond acceptors (Lipinski definition) is 7. The minimum atomic E-state index is -0.440. The number of carbonyl (C=O) groups is 4. The lowest BCUT2D eigenvalue weighted by Gasteiger charge is -2.51. The minimum absolute atomic E-state index is 0.0138. The average molecular weight is 571 g/mol. The molecule has 1 N–H and O–H groups in total. The zero-order chi connectivity index (χ0) is 28.9. The quantitative estimate of drug-likeness (QED) is 0.588. The van der Waals surface area contributed by atoms with E-state index in [0.717, 1.165) is 36.8 Å². The van der Waals surface area contributed by atoms with Gasteiger partial charge in [-0.3, -0.25) is 19.3 Å². The first-order valence-corrected chi connectivity index (χ1v) is 14.9. The van der Waals surface area contributed by atoms with Gasteiger partial charge in [-0.1, -0.05) is 6.07 Å². The highest BCUT2D eigenvalue weighted by atomic mass is 16.6. The number of ether oxygens (including phenoxy) is 3. The first-order chi connectivity index (χ1) is 19.9.